The van der Waals surface area contributed by atoms with Crippen LogP contribution in [0.3, 0.4) is 0 Å². The monoisotopic (exact) mass is 282 g/mol. The molecule has 2 saturated carbocycles. The van der Waals surface area contributed by atoms with Crippen molar-refractivity contribution in [3.8, 4) is 0 Å². The third-order valence-corrected chi connectivity index (χ3v) is 5.49. The number of aliphatic hydroxyl groups excluding tert-OH is 1. The zero-order valence-electron chi connectivity index (χ0n) is 11.6. The van der Waals surface area contributed by atoms with Gasteiger partial charge in [0.15, 0.2) is 5.16 Å². The molecule has 2 aliphatic carbocycles. The van der Waals surface area contributed by atoms with Gasteiger partial charge in [0, 0.05) is 18.8 Å². The molecule has 0 saturated heterocycles. The summed E-state index contributed by atoms with van der Waals surface area (Å²) in [4.78, 5) is 0. The maximum atomic E-state index is 9.90. The summed E-state index contributed by atoms with van der Waals surface area (Å²) in [6.07, 6.45) is 4.97. The van der Waals surface area contributed by atoms with Crippen LogP contribution in [0.2, 0.25) is 0 Å². The second kappa shape index (κ2) is 5.07. The molecule has 1 atom stereocenters. The van der Waals surface area contributed by atoms with E-state index in [4.69, 9.17) is 0 Å². The molecule has 0 amide bonds. The Morgan fingerprint density at radius 3 is 2.58 bits per heavy atom. The summed E-state index contributed by atoms with van der Waals surface area (Å²) in [5.41, 5.74) is -0.119. The van der Waals surface area contributed by atoms with Crippen LogP contribution in [-0.2, 0) is 7.05 Å². The van der Waals surface area contributed by atoms with E-state index in [-0.39, 0.29) is 12.1 Å². The highest BCUT2D eigenvalue weighted by Gasteiger charge is 2.47. The molecular weight excluding hydrogens is 260 g/mol. The summed E-state index contributed by atoms with van der Waals surface area (Å²) in [6, 6.07) is 0.620. The van der Waals surface area contributed by atoms with Gasteiger partial charge in [0.25, 0.3) is 0 Å². The highest BCUT2D eigenvalue weighted by atomic mass is 32.2. The Morgan fingerprint density at radius 2 is 2.11 bits per heavy atom. The predicted octanol–water partition coefficient (Wildman–Crippen LogP) is 1.11. The van der Waals surface area contributed by atoms with Crippen LogP contribution in [-0.4, -0.2) is 43.8 Å². The predicted molar refractivity (Wildman–Crippen MR) is 75.2 cm³/mol. The van der Waals surface area contributed by atoms with Gasteiger partial charge in [0.2, 0.25) is 0 Å². The number of hydrogen-bond acceptors (Lipinski definition) is 5. The van der Waals surface area contributed by atoms with Crippen molar-refractivity contribution in [2.75, 3.05) is 12.4 Å². The first-order valence-corrected chi connectivity index (χ1v) is 8.00. The van der Waals surface area contributed by atoms with Crippen LogP contribution in [0.5, 0.6) is 0 Å². The summed E-state index contributed by atoms with van der Waals surface area (Å²) in [5, 5.41) is 22.8. The Kier molecular flexibility index (Phi) is 3.57. The quantitative estimate of drug-likeness (QED) is 0.734. The van der Waals surface area contributed by atoms with Crippen molar-refractivity contribution in [1.82, 2.24) is 20.1 Å². The van der Waals surface area contributed by atoms with Crippen molar-refractivity contribution in [2.24, 2.45) is 13.0 Å². The van der Waals surface area contributed by atoms with Crippen LogP contribution >= 0.6 is 11.8 Å². The van der Waals surface area contributed by atoms with Gasteiger partial charge in [0.05, 0.1) is 12.1 Å². The molecule has 3 rings (SSSR count). The number of aliphatic hydroxyl groups is 1. The van der Waals surface area contributed by atoms with Crippen molar-refractivity contribution in [1.29, 1.82) is 0 Å². The normalized spacial score (nSPS) is 22.5. The first-order chi connectivity index (χ1) is 9.14. The number of hydrogen-bond donors (Lipinski definition) is 2. The molecule has 19 heavy (non-hydrogen) atoms. The van der Waals surface area contributed by atoms with E-state index in [2.05, 4.69) is 15.5 Å². The highest BCUT2D eigenvalue weighted by molar-refractivity contribution is 7.99. The van der Waals surface area contributed by atoms with Crippen molar-refractivity contribution in [3.05, 3.63) is 5.82 Å². The molecule has 106 valence electrons. The second-order valence-corrected chi connectivity index (χ2v) is 6.83. The lowest BCUT2D eigenvalue weighted by atomic mass is 9.96. The lowest BCUT2D eigenvalue weighted by molar-refractivity contribution is 0.157. The highest BCUT2D eigenvalue weighted by Crippen LogP contribution is 2.43. The fourth-order valence-electron chi connectivity index (χ4n) is 2.47. The van der Waals surface area contributed by atoms with Gasteiger partial charge >= 0.3 is 0 Å². The van der Waals surface area contributed by atoms with E-state index in [0.29, 0.717) is 12.0 Å². The standard InChI is InChI=1S/C13H22N4OS/c1-9-15-16-12(17(9)2)19-8-13(7-18,10-3-4-10)14-11-5-6-11/h10-11,14,18H,3-8H2,1-2H3. The van der Waals surface area contributed by atoms with E-state index in [1.165, 1.54) is 25.7 Å². The average Bonchev–Trinajstić information content (AvgIpc) is 3.29. The van der Waals surface area contributed by atoms with Crippen LogP contribution < -0.4 is 5.32 Å². The number of aryl methyl sites for hydroxylation is 1. The van der Waals surface area contributed by atoms with Gasteiger partial charge in [-0.25, -0.2) is 0 Å². The maximum Gasteiger partial charge on any atom is 0.191 e. The minimum atomic E-state index is -0.119. The Morgan fingerprint density at radius 1 is 1.37 bits per heavy atom. The fourth-order valence-corrected chi connectivity index (χ4v) is 3.70. The summed E-state index contributed by atoms with van der Waals surface area (Å²) < 4.78 is 2.01. The number of nitrogens with one attached hydrogen (secondary N) is 1. The van der Waals surface area contributed by atoms with Gasteiger partial charge in [-0.05, 0) is 38.5 Å². The average molecular weight is 282 g/mol. The summed E-state index contributed by atoms with van der Waals surface area (Å²) in [5.74, 6) is 2.43. The maximum absolute atomic E-state index is 9.90. The lowest BCUT2D eigenvalue weighted by Gasteiger charge is -2.33. The molecule has 1 unspecified atom stereocenters. The Labute approximate surface area is 118 Å². The van der Waals surface area contributed by atoms with Crippen LogP contribution in [0, 0.1) is 12.8 Å². The van der Waals surface area contributed by atoms with Gasteiger partial charge in [-0.15, -0.1) is 10.2 Å². The molecule has 1 heterocycles. The smallest absolute Gasteiger partial charge is 0.191 e. The van der Waals surface area contributed by atoms with Crippen molar-refractivity contribution in [2.45, 2.75) is 49.3 Å². The molecule has 0 bridgehead atoms. The van der Waals surface area contributed by atoms with Crippen LogP contribution in [0.15, 0.2) is 5.16 Å². The molecule has 2 aliphatic rings. The SMILES string of the molecule is Cc1nnc(SCC(CO)(NC2CC2)C2CC2)n1C. The largest absolute Gasteiger partial charge is 0.394 e. The van der Waals surface area contributed by atoms with E-state index >= 15 is 0 Å². The fraction of sp³-hybridized carbons (Fsp3) is 0.846. The molecule has 6 heteroatoms. The number of nitrogens with zero attached hydrogens (tertiary/aromatic N) is 3. The molecule has 2 N–H and O–H groups in total. The zero-order chi connectivity index (χ0) is 13.5. The van der Waals surface area contributed by atoms with E-state index in [0.717, 1.165) is 16.7 Å². The van der Waals surface area contributed by atoms with Crippen molar-refractivity contribution < 1.29 is 5.11 Å². The Balaban J connectivity index is 1.68. The van der Waals surface area contributed by atoms with Crippen LogP contribution in [0.1, 0.15) is 31.5 Å². The van der Waals surface area contributed by atoms with E-state index in [1.54, 1.807) is 11.8 Å². The van der Waals surface area contributed by atoms with Crippen LogP contribution in [0.4, 0.5) is 0 Å². The molecular formula is C13H22N4OS. The topological polar surface area (TPSA) is 63.0 Å². The number of rotatable bonds is 7. The molecule has 0 aromatic carbocycles. The number of aromatic nitrogens is 3. The molecule has 5 nitrogen and oxygen atoms in total. The molecule has 0 radical (unpaired) electrons. The zero-order valence-corrected chi connectivity index (χ0v) is 12.4. The lowest BCUT2D eigenvalue weighted by Crippen LogP contribution is -2.53. The third kappa shape index (κ3) is 2.80. The minimum absolute atomic E-state index is 0.119. The summed E-state index contributed by atoms with van der Waals surface area (Å²) in [6.45, 7) is 2.18. The van der Waals surface area contributed by atoms with E-state index in [1.807, 2.05) is 18.5 Å². The first-order valence-electron chi connectivity index (χ1n) is 7.02. The number of thioether (sulfide) groups is 1. The van der Waals surface area contributed by atoms with Crippen LogP contribution in [0.25, 0.3) is 0 Å². The Hall–Kier alpha value is -0.590. The van der Waals surface area contributed by atoms with Crippen molar-refractivity contribution in [3.63, 3.8) is 0 Å². The van der Waals surface area contributed by atoms with Gasteiger partial charge in [-0.1, -0.05) is 11.8 Å². The molecule has 1 aromatic heterocycles. The van der Waals surface area contributed by atoms with E-state index < -0.39 is 0 Å². The third-order valence-electron chi connectivity index (χ3n) is 4.22. The molecule has 0 aliphatic heterocycles. The summed E-state index contributed by atoms with van der Waals surface area (Å²) >= 11 is 1.70. The van der Waals surface area contributed by atoms with Gasteiger partial charge in [0.1, 0.15) is 5.82 Å². The van der Waals surface area contributed by atoms with E-state index in [9.17, 15) is 5.11 Å². The van der Waals surface area contributed by atoms with Gasteiger partial charge < -0.3 is 15.0 Å². The molecule has 2 fully saturated rings. The Bertz CT molecular complexity index is 455. The second-order valence-electron chi connectivity index (χ2n) is 5.88. The minimum Gasteiger partial charge on any atom is -0.394 e. The molecule has 1 aromatic rings. The summed E-state index contributed by atoms with van der Waals surface area (Å²) in [7, 11) is 1.99. The first kappa shape index (κ1) is 13.4. The van der Waals surface area contributed by atoms with Gasteiger partial charge in [-0.2, -0.15) is 0 Å². The molecule has 0 spiro atoms. The van der Waals surface area contributed by atoms with Crippen molar-refractivity contribution >= 4 is 11.8 Å². The van der Waals surface area contributed by atoms with Gasteiger partial charge in [-0.3, -0.25) is 0 Å².